The molecule has 0 saturated heterocycles. The van der Waals surface area contributed by atoms with Gasteiger partial charge in [-0.25, -0.2) is 9.07 Å². The van der Waals surface area contributed by atoms with Gasteiger partial charge >= 0.3 is 0 Å². The van der Waals surface area contributed by atoms with Crippen molar-refractivity contribution in [3.8, 4) is 11.6 Å². The fraction of sp³-hybridized carbons (Fsp3) is 0.412. The fourth-order valence-electron chi connectivity index (χ4n) is 2.28. The van der Waals surface area contributed by atoms with Crippen LogP contribution >= 0.6 is 0 Å². The Balaban J connectivity index is 2.35. The van der Waals surface area contributed by atoms with Crippen molar-refractivity contribution in [1.29, 1.82) is 0 Å². The molecule has 1 atom stereocenters. The first-order valence-electron chi connectivity index (χ1n) is 8.28. The standard InChI is InChI=1S/C17H21FN4O4/c1-5-10(3)19-16(23)15-11(4)17(21(6-2)20-15)26-14-8-7-12(22(24)25)9-13(14)18/h7-10H,5-6H2,1-4H3,(H,19,23). The zero-order valence-electron chi connectivity index (χ0n) is 15.1. The van der Waals surface area contributed by atoms with E-state index in [1.54, 1.807) is 6.92 Å². The summed E-state index contributed by atoms with van der Waals surface area (Å²) >= 11 is 0. The number of nitro groups is 1. The van der Waals surface area contributed by atoms with Crippen LogP contribution in [0.5, 0.6) is 11.6 Å². The van der Waals surface area contributed by atoms with E-state index in [2.05, 4.69) is 10.4 Å². The minimum Gasteiger partial charge on any atom is -0.436 e. The highest BCUT2D eigenvalue weighted by molar-refractivity contribution is 5.94. The molecule has 0 aliphatic carbocycles. The maximum absolute atomic E-state index is 14.1. The van der Waals surface area contributed by atoms with E-state index in [0.29, 0.717) is 12.1 Å². The highest BCUT2D eigenvalue weighted by atomic mass is 19.1. The molecule has 0 fully saturated rings. The quantitative estimate of drug-likeness (QED) is 0.598. The maximum Gasteiger partial charge on any atom is 0.272 e. The third-order valence-corrected chi connectivity index (χ3v) is 3.97. The van der Waals surface area contributed by atoms with Gasteiger partial charge in [0, 0.05) is 24.2 Å². The summed E-state index contributed by atoms with van der Waals surface area (Å²) in [6.45, 7) is 7.70. The Labute approximate surface area is 150 Å². The number of aryl methyl sites for hydroxylation is 1. The van der Waals surface area contributed by atoms with Gasteiger partial charge in [-0.2, -0.15) is 5.10 Å². The smallest absolute Gasteiger partial charge is 0.272 e. The van der Waals surface area contributed by atoms with Crippen molar-refractivity contribution >= 4 is 11.6 Å². The highest BCUT2D eigenvalue weighted by Crippen LogP contribution is 2.31. The highest BCUT2D eigenvalue weighted by Gasteiger charge is 2.23. The van der Waals surface area contributed by atoms with Crippen LogP contribution in [0.3, 0.4) is 0 Å². The monoisotopic (exact) mass is 364 g/mol. The average Bonchev–Trinajstić information content (AvgIpc) is 2.92. The zero-order chi connectivity index (χ0) is 19.4. The van der Waals surface area contributed by atoms with Gasteiger partial charge in [0.25, 0.3) is 11.6 Å². The van der Waals surface area contributed by atoms with Gasteiger partial charge in [-0.3, -0.25) is 14.9 Å². The third kappa shape index (κ3) is 3.98. The lowest BCUT2D eigenvalue weighted by molar-refractivity contribution is -0.385. The number of halogens is 1. The molecule has 1 aromatic carbocycles. The van der Waals surface area contributed by atoms with E-state index in [1.807, 2.05) is 20.8 Å². The molecular weight excluding hydrogens is 343 g/mol. The number of benzene rings is 1. The Hall–Kier alpha value is -2.97. The first-order valence-corrected chi connectivity index (χ1v) is 8.28. The third-order valence-electron chi connectivity index (χ3n) is 3.97. The molecule has 2 aromatic rings. The van der Waals surface area contributed by atoms with Crippen LogP contribution in [0, 0.1) is 22.9 Å². The van der Waals surface area contributed by atoms with Crippen LogP contribution in [0.2, 0.25) is 0 Å². The molecule has 0 bridgehead atoms. The van der Waals surface area contributed by atoms with Crippen LogP contribution in [0.15, 0.2) is 18.2 Å². The first kappa shape index (κ1) is 19.4. The van der Waals surface area contributed by atoms with Crippen molar-refractivity contribution in [2.45, 2.75) is 46.7 Å². The van der Waals surface area contributed by atoms with E-state index in [0.717, 1.165) is 18.6 Å². The molecule has 1 N–H and O–H groups in total. The number of nitrogens with one attached hydrogen (secondary N) is 1. The number of nitro benzene ring substituents is 1. The van der Waals surface area contributed by atoms with Crippen LogP contribution < -0.4 is 10.1 Å². The number of non-ortho nitro benzene ring substituents is 1. The molecule has 0 aliphatic rings. The van der Waals surface area contributed by atoms with Gasteiger partial charge in [0.15, 0.2) is 17.3 Å². The summed E-state index contributed by atoms with van der Waals surface area (Å²) in [4.78, 5) is 22.4. The van der Waals surface area contributed by atoms with Gasteiger partial charge in [-0.1, -0.05) is 6.92 Å². The molecule has 1 unspecified atom stereocenters. The van der Waals surface area contributed by atoms with Crippen molar-refractivity contribution in [1.82, 2.24) is 15.1 Å². The lowest BCUT2D eigenvalue weighted by Gasteiger charge is -2.10. The van der Waals surface area contributed by atoms with Crippen molar-refractivity contribution in [3.05, 3.63) is 45.4 Å². The van der Waals surface area contributed by atoms with Gasteiger partial charge in [0.05, 0.1) is 11.0 Å². The van der Waals surface area contributed by atoms with E-state index in [4.69, 9.17) is 4.74 Å². The van der Waals surface area contributed by atoms with Gasteiger partial charge in [0.1, 0.15) is 0 Å². The molecule has 8 nitrogen and oxygen atoms in total. The Morgan fingerprint density at radius 1 is 1.46 bits per heavy atom. The number of carbonyl (C=O) groups is 1. The predicted octanol–water partition coefficient (Wildman–Crippen LogP) is 3.58. The largest absolute Gasteiger partial charge is 0.436 e. The number of hydrogen-bond donors (Lipinski definition) is 1. The van der Waals surface area contributed by atoms with Crippen molar-refractivity contribution in [3.63, 3.8) is 0 Å². The van der Waals surface area contributed by atoms with Gasteiger partial charge < -0.3 is 10.1 Å². The number of rotatable bonds is 7. The summed E-state index contributed by atoms with van der Waals surface area (Å²) in [5.74, 6) is -1.16. The summed E-state index contributed by atoms with van der Waals surface area (Å²) in [6, 6.07) is 3.11. The summed E-state index contributed by atoms with van der Waals surface area (Å²) in [6.07, 6.45) is 0.774. The summed E-state index contributed by atoms with van der Waals surface area (Å²) in [5.41, 5.74) is 0.291. The second kappa shape index (κ2) is 7.94. The predicted molar refractivity (Wildman–Crippen MR) is 93.0 cm³/mol. The van der Waals surface area contributed by atoms with Gasteiger partial charge in [0.2, 0.25) is 5.88 Å². The van der Waals surface area contributed by atoms with E-state index in [9.17, 15) is 19.3 Å². The molecule has 140 valence electrons. The number of amides is 1. The molecule has 2 rings (SSSR count). The van der Waals surface area contributed by atoms with Gasteiger partial charge in [-0.15, -0.1) is 0 Å². The molecule has 0 aliphatic heterocycles. The van der Waals surface area contributed by atoms with Crippen molar-refractivity contribution < 1.29 is 18.8 Å². The maximum atomic E-state index is 14.1. The Kier molecular flexibility index (Phi) is 5.91. The second-order valence-corrected chi connectivity index (χ2v) is 5.85. The molecule has 0 spiro atoms. The van der Waals surface area contributed by atoms with Crippen LogP contribution in [-0.2, 0) is 6.54 Å². The summed E-state index contributed by atoms with van der Waals surface area (Å²) < 4.78 is 21.1. The van der Waals surface area contributed by atoms with Crippen molar-refractivity contribution in [2.24, 2.45) is 0 Å². The number of carbonyl (C=O) groups excluding carboxylic acids is 1. The number of aromatic nitrogens is 2. The molecule has 1 heterocycles. The normalized spacial score (nSPS) is 11.9. The van der Waals surface area contributed by atoms with Crippen molar-refractivity contribution in [2.75, 3.05) is 0 Å². The molecule has 26 heavy (non-hydrogen) atoms. The number of hydrogen-bond acceptors (Lipinski definition) is 5. The first-order chi connectivity index (χ1) is 12.3. The fourth-order valence-corrected chi connectivity index (χ4v) is 2.28. The molecule has 1 aromatic heterocycles. The van der Waals surface area contributed by atoms with Crippen LogP contribution in [0.25, 0.3) is 0 Å². The molecular formula is C17H21FN4O4. The lowest BCUT2D eigenvalue weighted by Crippen LogP contribution is -2.32. The molecule has 0 radical (unpaired) electrons. The average molecular weight is 364 g/mol. The van der Waals surface area contributed by atoms with Crippen LogP contribution in [0.1, 0.15) is 43.2 Å². The minimum atomic E-state index is -0.868. The van der Waals surface area contributed by atoms with E-state index >= 15 is 0 Å². The van der Waals surface area contributed by atoms with E-state index in [-0.39, 0.29) is 35.0 Å². The minimum absolute atomic E-state index is 0.00911. The zero-order valence-corrected chi connectivity index (χ0v) is 15.1. The molecule has 1 amide bonds. The topological polar surface area (TPSA) is 99.3 Å². The summed E-state index contributed by atoms with van der Waals surface area (Å²) in [5, 5.41) is 17.8. The lowest BCUT2D eigenvalue weighted by atomic mass is 10.2. The van der Waals surface area contributed by atoms with E-state index in [1.165, 1.54) is 10.7 Å². The Morgan fingerprint density at radius 2 is 2.15 bits per heavy atom. The van der Waals surface area contributed by atoms with Crippen LogP contribution in [-0.4, -0.2) is 26.7 Å². The molecule has 0 saturated carbocycles. The number of nitrogens with zero attached hydrogens (tertiary/aromatic N) is 3. The second-order valence-electron chi connectivity index (χ2n) is 5.85. The van der Waals surface area contributed by atoms with Crippen LogP contribution in [0.4, 0.5) is 10.1 Å². The SMILES string of the molecule is CCC(C)NC(=O)c1nn(CC)c(Oc2ccc([N+](=O)[O-])cc2F)c1C. The Morgan fingerprint density at radius 3 is 2.69 bits per heavy atom. The van der Waals surface area contributed by atoms with E-state index < -0.39 is 10.7 Å². The number of ether oxygens (including phenoxy) is 1. The molecule has 9 heteroatoms. The summed E-state index contributed by atoms with van der Waals surface area (Å²) in [7, 11) is 0. The van der Waals surface area contributed by atoms with Gasteiger partial charge in [-0.05, 0) is 33.3 Å². The Bertz CT molecular complexity index is 834.